The van der Waals surface area contributed by atoms with Crippen molar-refractivity contribution in [2.24, 2.45) is 7.05 Å². The van der Waals surface area contributed by atoms with Crippen LogP contribution in [-0.2, 0) is 13.6 Å². The third kappa shape index (κ3) is 2.83. The Morgan fingerprint density at radius 2 is 2.00 bits per heavy atom. The van der Waals surface area contributed by atoms with Gasteiger partial charge < -0.3 is 14.4 Å². The Hall–Kier alpha value is -2.14. The number of hydrogen-bond donors (Lipinski definition) is 1. The van der Waals surface area contributed by atoms with Crippen LogP contribution in [0.1, 0.15) is 26.5 Å². The second-order valence-corrected chi connectivity index (χ2v) is 6.27. The quantitative estimate of drug-likeness (QED) is 0.803. The van der Waals surface area contributed by atoms with Crippen LogP contribution in [-0.4, -0.2) is 20.2 Å². The fourth-order valence-electron chi connectivity index (χ4n) is 2.22. The van der Waals surface area contributed by atoms with Gasteiger partial charge in [0.15, 0.2) is 5.82 Å². The van der Waals surface area contributed by atoms with Crippen molar-refractivity contribution < 1.29 is 4.52 Å². The molecule has 0 aliphatic rings. The predicted octanol–water partition coefficient (Wildman–Crippen LogP) is 3.12. The summed E-state index contributed by atoms with van der Waals surface area (Å²) in [6.07, 6.45) is 0. The Labute approximate surface area is 124 Å². The third-order valence-electron chi connectivity index (χ3n) is 3.37. The minimum atomic E-state index is 0.0526. The van der Waals surface area contributed by atoms with Crippen LogP contribution in [0.2, 0.25) is 0 Å². The molecule has 2 heterocycles. The zero-order valence-electron chi connectivity index (χ0n) is 12.8. The predicted molar refractivity (Wildman–Crippen MR) is 82.8 cm³/mol. The van der Waals surface area contributed by atoms with Gasteiger partial charge in [-0.15, -0.1) is 0 Å². The second kappa shape index (κ2) is 5.00. The van der Waals surface area contributed by atoms with Crippen molar-refractivity contribution in [3.05, 3.63) is 36.0 Å². The first-order chi connectivity index (χ1) is 9.94. The van der Waals surface area contributed by atoms with Crippen LogP contribution in [0.3, 0.4) is 0 Å². The van der Waals surface area contributed by atoms with E-state index in [4.69, 9.17) is 4.52 Å². The number of nitrogens with one attached hydrogen (secondary N) is 1. The summed E-state index contributed by atoms with van der Waals surface area (Å²) < 4.78 is 7.48. The summed E-state index contributed by atoms with van der Waals surface area (Å²) in [6, 6.07) is 9.98. The molecule has 0 amide bonds. The topological polar surface area (TPSA) is 55.9 Å². The summed E-state index contributed by atoms with van der Waals surface area (Å²) in [4.78, 5) is 4.61. The van der Waals surface area contributed by atoms with Gasteiger partial charge in [0.05, 0.1) is 16.7 Å². The Kier molecular flexibility index (Phi) is 3.29. The highest BCUT2D eigenvalue weighted by Crippen LogP contribution is 2.24. The molecule has 0 fully saturated rings. The minimum absolute atomic E-state index is 0.0526. The summed E-state index contributed by atoms with van der Waals surface area (Å²) in [5.74, 6) is 1.49. The van der Waals surface area contributed by atoms with Gasteiger partial charge in [-0.2, -0.15) is 0 Å². The molecule has 0 unspecified atom stereocenters. The summed E-state index contributed by atoms with van der Waals surface area (Å²) in [5, 5.41) is 7.51. The number of hydrogen-bond acceptors (Lipinski definition) is 4. The fraction of sp³-hybridized carbons (Fsp3) is 0.375. The number of nitrogens with zero attached hydrogens (tertiary/aromatic N) is 3. The summed E-state index contributed by atoms with van der Waals surface area (Å²) in [7, 11) is 1.99. The van der Waals surface area contributed by atoms with Gasteiger partial charge >= 0.3 is 0 Å². The Balaban J connectivity index is 1.89. The molecular weight excluding hydrogens is 264 g/mol. The smallest absolute Gasteiger partial charge is 0.202 e. The van der Waals surface area contributed by atoms with Crippen molar-refractivity contribution in [1.29, 1.82) is 0 Å². The zero-order valence-corrected chi connectivity index (χ0v) is 12.8. The lowest BCUT2D eigenvalue weighted by molar-refractivity contribution is 0.391. The van der Waals surface area contributed by atoms with Crippen LogP contribution in [0.15, 0.2) is 34.9 Å². The van der Waals surface area contributed by atoms with E-state index < -0.39 is 0 Å². The third-order valence-corrected chi connectivity index (χ3v) is 3.37. The molecule has 5 nitrogen and oxygen atoms in total. The second-order valence-electron chi connectivity index (χ2n) is 6.27. The Bertz CT molecular complexity index is 764. The molecule has 21 heavy (non-hydrogen) atoms. The molecular formula is C16H20N4O. The van der Waals surface area contributed by atoms with E-state index in [0.29, 0.717) is 12.3 Å². The van der Waals surface area contributed by atoms with Crippen molar-refractivity contribution in [2.45, 2.75) is 32.9 Å². The van der Waals surface area contributed by atoms with Crippen molar-refractivity contribution in [1.82, 2.24) is 20.0 Å². The molecule has 0 bridgehead atoms. The lowest BCUT2D eigenvalue weighted by Gasteiger charge is -2.19. The summed E-state index contributed by atoms with van der Waals surface area (Å²) in [6.45, 7) is 7.05. The maximum Gasteiger partial charge on any atom is 0.202 e. The highest BCUT2D eigenvalue weighted by molar-refractivity contribution is 5.79. The molecule has 0 saturated carbocycles. The SMILES string of the molecule is Cn1c(-c2cc(CNC(C)(C)C)no2)nc2ccccc21. The number of rotatable bonds is 3. The molecule has 1 aromatic carbocycles. The Morgan fingerprint density at radius 3 is 2.71 bits per heavy atom. The van der Waals surface area contributed by atoms with E-state index in [2.05, 4.69) is 36.2 Å². The number of para-hydroxylation sites is 2. The van der Waals surface area contributed by atoms with Gasteiger partial charge in [0.25, 0.3) is 0 Å². The first-order valence-corrected chi connectivity index (χ1v) is 7.06. The fourth-order valence-corrected chi connectivity index (χ4v) is 2.22. The first kappa shape index (κ1) is 13.8. The van der Waals surface area contributed by atoms with Gasteiger partial charge in [0, 0.05) is 25.2 Å². The lowest BCUT2D eigenvalue weighted by Crippen LogP contribution is -2.35. The molecule has 0 saturated heterocycles. The van der Waals surface area contributed by atoms with Gasteiger partial charge in [-0.1, -0.05) is 17.3 Å². The molecule has 1 N–H and O–H groups in total. The van der Waals surface area contributed by atoms with Crippen molar-refractivity contribution in [3.63, 3.8) is 0 Å². The maximum atomic E-state index is 5.45. The average molecular weight is 284 g/mol. The monoisotopic (exact) mass is 284 g/mol. The molecule has 110 valence electrons. The van der Waals surface area contributed by atoms with Gasteiger partial charge in [0.2, 0.25) is 5.76 Å². The summed E-state index contributed by atoms with van der Waals surface area (Å²) >= 11 is 0. The average Bonchev–Trinajstić information content (AvgIpc) is 3.01. The number of aromatic nitrogens is 3. The normalized spacial score (nSPS) is 12.2. The number of imidazole rings is 1. The minimum Gasteiger partial charge on any atom is -0.353 e. The molecule has 0 radical (unpaired) electrons. The molecule has 0 aliphatic carbocycles. The summed E-state index contributed by atoms with van der Waals surface area (Å²) in [5.41, 5.74) is 2.97. The highest BCUT2D eigenvalue weighted by atomic mass is 16.5. The largest absolute Gasteiger partial charge is 0.353 e. The van der Waals surface area contributed by atoms with Crippen molar-refractivity contribution in [3.8, 4) is 11.6 Å². The van der Waals surface area contributed by atoms with Crippen LogP contribution in [0.25, 0.3) is 22.6 Å². The number of fused-ring (bicyclic) bond motifs is 1. The van der Waals surface area contributed by atoms with E-state index in [9.17, 15) is 0 Å². The van der Waals surface area contributed by atoms with Gasteiger partial charge in [-0.25, -0.2) is 4.98 Å². The molecule has 0 spiro atoms. The number of benzene rings is 1. The lowest BCUT2D eigenvalue weighted by atomic mass is 10.1. The Morgan fingerprint density at radius 1 is 1.24 bits per heavy atom. The van der Waals surface area contributed by atoms with Gasteiger partial charge in [-0.05, 0) is 32.9 Å². The van der Waals surface area contributed by atoms with E-state index in [1.54, 1.807) is 0 Å². The van der Waals surface area contributed by atoms with Crippen molar-refractivity contribution in [2.75, 3.05) is 0 Å². The van der Waals surface area contributed by atoms with E-state index in [0.717, 1.165) is 22.6 Å². The van der Waals surface area contributed by atoms with E-state index in [-0.39, 0.29) is 5.54 Å². The zero-order chi connectivity index (χ0) is 15.0. The molecule has 0 aliphatic heterocycles. The molecule has 3 rings (SSSR count). The molecule has 5 heteroatoms. The van der Waals surface area contributed by atoms with Crippen LogP contribution in [0, 0.1) is 0 Å². The standard InChI is InChI=1S/C16H20N4O/c1-16(2,3)17-10-11-9-14(21-19-11)15-18-12-7-5-6-8-13(12)20(15)4/h5-9,17H,10H2,1-4H3. The highest BCUT2D eigenvalue weighted by Gasteiger charge is 2.16. The molecule has 2 aromatic heterocycles. The van der Waals surface area contributed by atoms with E-state index >= 15 is 0 Å². The van der Waals surface area contributed by atoms with E-state index in [1.807, 2.05) is 41.9 Å². The van der Waals surface area contributed by atoms with Crippen LogP contribution < -0.4 is 5.32 Å². The van der Waals surface area contributed by atoms with Crippen LogP contribution in [0.5, 0.6) is 0 Å². The van der Waals surface area contributed by atoms with Crippen LogP contribution in [0.4, 0.5) is 0 Å². The number of aryl methyl sites for hydroxylation is 1. The van der Waals surface area contributed by atoms with Crippen molar-refractivity contribution >= 4 is 11.0 Å². The van der Waals surface area contributed by atoms with Gasteiger partial charge in [-0.3, -0.25) is 0 Å². The molecule has 3 aromatic rings. The van der Waals surface area contributed by atoms with Gasteiger partial charge in [0.1, 0.15) is 0 Å². The molecule has 0 atom stereocenters. The van der Waals surface area contributed by atoms with E-state index in [1.165, 1.54) is 0 Å². The van der Waals surface area contributed by atoms with Crippen LogP contribution >= 0.6 is 0 Å². The first-order valence-electron chi connectivity index (χ1n) is 7.06. The maximum absolute atomic E-state index is 5.45.